The van der Waals surface area contributed by atoms with Gasteiger partial charge in [0.05, 0.1) is 57.3 Å². The molecule has 0 atom stereocenters. The van der Waals surface area contributed by atoms with Gasteiger partial charge in [-0.2, -0.15) is 0 Å². The van der Waals surface area contributed by atoms with Gasteiger partial charge in [0.2, 0.25) is 0 Å². The van der Waals surface area contributed by atoms with Crippen molar-refractivity contribution in [1.82, 2.24) is 4.98 Å². The van der Waals surface area contributed by atoms with Gasteiger partial charge in [0.25, 0.3) is 0 Å². The summed E-state index contributed by atoms with van der Waals surface area (Å²) in [6.45, 7) is 0. The predicted molar refractivity (Wildman–Crippen MR) is 160 cm³/mol. The van der Waals surface area contributed by atoms with Crippen LogP contribution in [0.2, 0.25) is 0 Å². The highest BCUT2D eigenvalue weighted by Crippen LogP contribution is 2.35. The van der Waals surface area contributed by atoms with Gasteiger partial charge in [-0.15, -0.1) is 0 Å². The van der Waals surface area contributed by atoms with Crippen LogP contribution in [0.15, 0.2) is 153 Å². The molecule has 3 aromatic rings. The second-order valence-electron chi connectivity index (χ2n) is 9.49. The molecule has 8 bridgehead atoms. The summed E-state index contributed by atoms with van der Waals surface area (Å²) in [5.74, 6) is 0. The van der Waals surface area contributed by atoms with Gasteiger partial charge in [0.15, 0.2) is 6.29 Å². The molecule has 0 aliphatic carbocycles. The van der Waals surface area contributed by atoms with E-state index >= 15 is 0 Å². The monoisotopic (exact) mass is 518 g/mol. The lowest BCUT2D eigenvalue weighted by Crippen LogP contribution is -2.03. The number of H-pyrrole nitrogens is 1. The Hall–Kier alpha value is -5.62. The van der Waals surface area contributed by atoms with Crippen molar-refractivity contribution in [3.05, 3.63) is 161 Å². The van der Waals surface area contributed by atoms with Gasteiger partial charge in [-0.05, 0) is 59.7 Å². The van der Waals surface area contributed by atoms with Gasteiger partial charge in [0, 0.05) is 16.8 Å². The third kappa shape index (κ3) is 3.90. The van der Waals surface area contributed by atoms with Crippen LogP contribution in [0.1, 0.15) is 22.5 Å². The van der Waals surface area contributed by atoms with Crippen LogP contribution in [0.5, 0.6) is 0 Å². The lowest BCUT2D eigenvalue weighted by molar-refractivity contribution is -0.104. The number of hydrogen-bond donors (Lipinski definition) is 2. The summed E-state index contributed by atoms with van der Waals surface area (Å²) in [5, 5.41) is 10.3. The van der Waals surface area contributed by atoms with E-state index in [0.29, 0.717) is 51.1 Å². The highest BCUT2D eigenvalue weighted by atomic mass is 16.2. The lowest BCUT2D eigenvalue weighted by Gasteiger charge is -2.10. The Balaban J connectivity index is 1.52. The smallest absolute Gasteiger partial charge is 0.154 e. The fraction of sp³-hybridized carbons (Fsp3) is 0. The summed E-state index contributed by atoms with van der Waals surface area (Å²) in [5.41, 5.74) is 9.95. The molecule has 40 heavy (non-hydrogen) atoms. The van der Waals surface area contributed by atoms with E-state index in [1.165, 1.54) is 0 Å². The Bertz CT molecular complexity index is 1890. The number of aromatic amines is 1. The molecule has 4 aliphatic rings. The van der Waals surface area contributed by atoms with E-state index in [2.05, 4.69) is 4.98 Å². The van der Waals surface area contributed by atoms with Crippen LogP contribution >= 0.6 is 0 Å². The van der Waals surface area contributed by atoms with Crippen LogP contribution in [0.25, 0.3) is 16.7 Å². The maximum Gasteiger partial charge on any atom is 0.154 e. The highest BCUT2D eigenvalue weighted by molar-refractivity contribution is 6.35. The predicted octanol–water partition coefficient (Wildman–Crippen LogP) is 6.58. The zero-order valence-corrected chi connectivity index (χ0v) is 21.2. The average molecular weight is 519 g/mol. The SMILES string of the molecule is O=CC1=C2C=CC(=N2)C(c2ccccc2)=C2C=CC(=N2)/C(=C\O)c2ccc([nH]2)C(c2ccccc2)=C2C=CC1=N2. The first-order valence-corrected chi connectivity index (χ1v) is 12.9. The molecule has 6 nitrogen and oxygen atoms in total. The molecule has 2 aromatic carbocycles. The van der Waals surface area contributed by atoms with Crippen molar-refractivity contribution >= 4 is 40.1 Å². The number of rotatable bonds is 3. The molecule has 190 valence electrons. The Labute approximate surface area is 230 Å². The fourth-order valence-electron chi connectivity index (χ4n) is 5.26. The van der Waals surface area contributed by atoms with E-state index in [1.54, 1.807) is 0 Å². The average Bonchev–Trinajstić information content (AvgIpc) is 3.81. The number of allylic oxidation sites excluding steroid dienone is 9. The van der Waals surface area contributed by atoms with Crippen molar-refractivity contribution in [2.45, 2.75) is 0 Å². The second-order valence-corrected chi connectivity index (χ2v) is 9.49. The minimum Gasteiger partial charge on any atom is -0.515 e. The number of benzene rings is 2. The Morgan fingerprint density at radius 1 is 0.575 bits per heavy atom. The number of fused-ring (bicyclic) bond motifs is 5. The van der Waals surface area contributed by atoms with Crippen molar-refractivity contribution < 1.29 is 9.90 Å². The molecule has 0 radical (unpaired) electrons. The van der Waals surface area contributed by atoms with Crippen LogP contribution in [-0.4, -0.2) is 33.5 Å². The van der Waals surface area contributed by atoms with Gasteiger partial charge in [0.1, 0.15) is 0 Å². The summed E-state index contributed by atoms with van der Waals surface area (Å²) in [7, 11) is 0. The van der Waals surface area contributed by atoms with E-state index in [9.17, 15) is 9.90 Å². The van der Waals surface area contributed by atoms with E-state index in [-0.39, 0.29) is 0 Å². The molecule has 5 heterocycles. The minimum atomic E-state index is 0.415. The zero-order valence-electron chi connectivity index (χ0n) is 21.2. The number of hydrogen-bond acceptors (Lipinski definition) is 5. The molecular weight excluding hydrogens is 496 g/mol. The first-order chi connectivity index (χ1) is 19.7. The van der Waals surface area contributed by atoms with Gasteiger partial charge in [-0.3, -0.25) is 4.79 Å². The number of nitrogens with zero attached hydrogens (tertiary/aromatic N) is 3. The molecule has 0 saturated carbocycles. The van der Waals surface area contributed by atoms with E-state index in [4.69, 9.17) is 15.0 Å². The van der Waals surface area contributed by atoms with Gasteiger partial charge >= 0.3 is 0 Å². The first-order valence-electron chi connectivity index (χ1n) is 12.9. The largest absolute Gasteiger partial charge is 0.515 e. The number of carbonyl (C=O) groups is 1. The molecule has 6 heteroatoms. The molecule has 0 fully saturated rings. The topological polar surface area (TPSA) is 90.2 Å². The van der Waals surface area contributed by atoms with Crippen LogP contribution < -0.4 is 0 Å². The third-order valence-electron chi connectivity index (χ3n) is 7.13. The molecule has 4 aliphatic heterocycles. The van der Waals surface area contributed by atoms with E-state index in [1.807, 2.05) is 109 Å². The van der Waals surface area contributed by atoms with Crippen LogP contribution in [0.4, 0.5) is 0 Å². The third-order valence-corrected chi connectivity index (χ3v) is 7.13. The fourth-order valence-corrected chi connectivity index (χ4v) is 5.26. The van der Waals surface area contributed by atoms with Crippen molar-refractivity contribution in [2.24, 2.45) is 15.0 Å². The minimum absolute atomic E-state index is 0.415. The number of aromatic nitrogens is 1. The summed E-state index contributed by atoms with van der Waals surface area (Å²) >= 11 is 0. The molecule has 0 amide bonds. The van der Waals surface area contributed by atoms with Crippen molar-refractivity contribution in [1.29, 1.82) is 0 Å². The zero-order chi connectivity index (χ0) is 27.1. The number of aliphatic hydroxyl groups excluding tert-OH is 1. The van der Waals surface area contributed by atoms with Crippen molar-refractivity contribution in [3.63, 3.8) is 0 Å². The summed E-state index contributed by atoms with van der Waals surface area (Å²) < 4.78 is 0. The summed E-state index contributed by atoms with van der Waals surface area (Å²) in [4.78, 5) is 30.6. The summed E-state index contributed by atoms with van der Waals surface area (Å²) in [6, 6.07) is 23.7. The molecule has 0 unspecified atom stereocenters. The second kappa shape index (κ2) is 9.60. The molecule has 0 saturated heterocycles. The Morgan fingerprint density at radius 3 is 1.82 bits per heavy atom. The van der Waals surface area contributed by atoms with Crippen LogP contribution in [-0.2, 0) is 4.79 Å². The van der Waals surface area contributed by atoms with E-state index < -0.39 is 0 Å². The molecule has 2 N–H and O–H groups in total. The maximum atomic E-state index is 12.4. The number of aliphatic hydroxyl groups is 1. The van der Waals surface area contributed by atoms with Crippen molar-refractivity contribution in [3.8, 4) is 0 Å². The van der Waals surface area contributed by atoms with Crippen molar-refractivity contribution in [2.75, 3.05) is 0 Å². The summed E-state index contributed by atoms with van der Waals surface area (Å²) in [6.07, 6.45) is 13.2. The van der Waals surface area contributed by atoms with Gasteiger partial charge in [-0.25, -0.2) is 15.0 Å². The number of carbonyl (C=O) groups excluding carboxylic acids is 1. The number of aliphatic imine (C=N–C) groups is 3. The van der Waals surface area contributed by atoms with Crippen LogP contribution in [0.3, 0.4) is 0 Å². The van der Waals surface area contributed by atoms with Crippen LogP contribution in [0, 0.1) is 0 Å². The number of aldehydes is 1. The standard InChI is InChI=1S/C34H22N4O2/c39-19-23-25-11-15-29(35-25)33(21-7-3-1-4-8-21)30-16-12-26(36-30)24(20-40)28-14-18-32(38-28)34(22-9-5-2-6-10-22)31-17-13-27(23)37-31/h1-20,35,39H/b23-19-,28-24?,33-30?,34-31?. The highest BCUT2D eigenvalue weighted by Gasteiger charge is 2.25. The molecular formula is C34H22N4O2. The van der Waals surface area contributed by atoms with Gasteiger partial charge in [-0.1, -0.05) is 60.7 Å². The van der Waals surface area contributed by atoms with E-state index in [0.717, 1.165) is 40.5 Å². The van der Waals surface area contributed by atoms with Gasteiger partial charge < -0.3 is 10.1 Å². The first kappa shape index (κ1) is 23.5. The maximum absolute atomic E-state index is 12.4. The molecule has 0 spiro atoms. The quantitative estimate of drug-likeness (QED) is 0.303. The Morgan fingerprint density at radius 2 is 1.12 bits per heavy atom. The Kier molecular flexibility index (Phi) is 5.64. The molecule has 7 rings (SSSR count). The normalized spacial score (nSPS) is 18.6. The number of nitrogens with one attached hydrogen (secondary N) is 1. The molecule has 1 aromatic heterocycles. The lowest BCUT2D eigenvalue weighted by atomic mass is 9.99.